The molecule has 3 rings (SSSR count). The monoisotopic (exact) mass is 356 g/mol. The van der Waals surface area contributed by atoms with E-state index in [1.807, 2.05) is 11.9 Å². The summed E-state index contributed by atoms with van der Waals surface area (Å²) < 4.78 is 5.60. The second-order valence-electron chi connectivity index (χ2n) is 6.42. The maximum atomic E-state index is 12.4. The van der Waals surface area contributed by atoms with Crippen LogP contribution in [0.25, 0.3) is 0 Å². The third-order valence-corrected chi connectivity index (χ3v) is 5.68. The lowest BCUT2D eigenvalue weighted by Crippen LogP contribution is -2.48. The van der Waals surface area contributed by atoms with E-state index in [4.69, 9.17) is 27.9 Å². The summed E-state index contributed by atoms with van der Waals surface area (Å²) in [5.74, 6) is 0.643. The SMILES string of the molecule is CN(C(=O)CCOc1cccc(Cl)c1Cl)C1CC2CCC(C1)N2. The Morgan fingerprint density at radius 3 is 2.70 bits per heavy atom. The van der Waals surface area contributed by atoms with Crippen molar-refractivity contribution < 1.29 is 9.53 Å². The molecular formula is C17H22Cl2N2O2. The lowest BCUT2D eigenvalue weighted by molar-refractivity contribution is -0.133. The Bertz CT molecular complexity index is 570. The van der Waals surface area contributed by atoms with Crippen molar-refractivity contribution in [3.63, 3.8) is 0 Å². The van der Waals surface area contributed by atoms with Crippen LogP contribution in [0, 0.1) is 0 Å². The first kappa shape index (κ1) is 16.9. The van der Waals surface area contributed by atoms with E-state index in [2.05, 4.69) is 5.32 Å². The molecule has 2 saturated heterocycles. The summed E-state index contributed by atoms with van der Waals surface area (Å²) in [5, 5.41) is 4.45. The number of piperidine rings is 1. The highest BCUT2D eigenvalue weighted by Crippen LogP contribution is 2.32. The van der Waals surface area contributed by atoms with E-state index < -0.39 is 0 Å². The Hall–Kier alpha value is -0.970. The molecule has 2 heterocycles. The number of carbonyl (C=O) groups excluding carboxylic acids is 1. The molecule has 4 nitrogen and oxygen atoms in total. The molecule has 0 saturated carbocycles. The van der Waals surface area contributed by atoms with Crippen LogP contribution in [0.2, 0.25) is 10.0 Å². The summed E-state index contributed by atoms with van der Waals surface area (Å²) in [6, 6.07) is 6.75. The molecule has 1 amide bonds. The van der Waals surface area contributed by atoms with E-state index in [1.54, 1.807) is 18.2 Å². The maximum Gasteiger partial charge on any atom is 0.225 e. The highest BCUT2D eigenvalue weighted by molar-refractivity contribution is 6.42. The van der Waals surface area contributed by atoms with Gasteiger partial charge in [0.05, 0.1) is 18.1 Å². The van der Waals surface area contributed by atoms with Gasteiger partial charge in [-0.05, 0) is 37.8 Å². The number of nitrogens with one attached hydrogen (secondary N) is 1. The number of nitrogens with zero attached hydrogens (tertiary/aromatic N) is 1. The van der Waals surface area contributed by atoms with E-state index in [0.29, 0.717) is 46.9 Å². The summed E-state index contributed by atoms with van der Waals surface area (Å²) in [7, 11) is 1.91. The predicted octanol–water partition coefficient (Wildman–Crippen LogP) is 3.50. The van der Waals surface area contributed by atoms with Crippen molar-refractivity contribution >= 4 is 29.1 Å². The van der Waals surface area contributed by atoms with E-state index in [9.17, 15) is 4.79 Å². The molecule has 2 atom stereocenters. The van der Waals surface area contributed by atoms with Crippen molar-refractivity contribution in [2.45, 2.75) is 50.2 Å². The fourth-order valence-corrected chi connectivity index (χ4v) is 3.91. The largest absolute Gasteiger partial charge is 0.491 e. The average molecular weight is 357 g/mol. The lowest BCUT2D eigenvalue weighted by Gasteiger charge is -2.35. The molecule has 1 aromatic carbocycles. The van der Waals surface area contributed by atoms with Crippen LogP contribution in [-0.2, 0) is 4.79 Å². The Labute approximate surface area is 147 Å². The average Bonchev–Trinajstić information content (AvgIpc) is 2.88. The van der Waals surface area contributed by atoms with Gasteiger partial charge in [-0.2, -0.15) is 0 Å². The van der Waals surface area contributed by atoms with Gasteiger partial charge in [0.15, 0.2) is 0 Å². The molecule has 1 N–H and O–H groups in total. The Morgan fingerprint density at radius 1 is 1.30 bits per heavy atom. The minimum absolute atomic E-state index is 0.120. The summed E-state index contributed by atoms with van der Waals surface area (Å²) in [6.07, 6.45) is 4.93. The fraction of sp³-hybridized carbons (Fsp3) is 0.588. The number of fused-ring (bicyclic) bond motifs is 2. The van der Waals surface area contributed by atoms with Gasteiger partial charge in [-0.15, -0.1) is 0 Å². The quantitative estimate of drug-likeness (QED) is 0.877. The van der Waals surface area contributed by atoms with Gasteiger partial charge in [0, 0.05) is 25.2 Å². The molecular weight excluding hydrogens is 335 g/mol. The number of carbonyl (C=O) groups is 1. The molecule has 2 aliphatic rings. The summed E-state index contributed by atoms with van der Waals surface area (Å²) in [5.41, 5.74) is 0. The van der Waals surface area contributed by atoms with Crippen molar-refractivity contribution in [2.24, 2.45) is 0 Å². The number of benzene rings is 1. The standard InChI is InChI=1S/C17H22Cl2N2O2/c1-21(13-9-11-5-6-12(10-13)20-11)16(22)7-8-23-15-4-2-3-14(18)17(15)19/h2-4,11-13,20H,5-10H2,1H3. The zero-order valence-corrected chi connectivity index (χ0v) is 14.7. The Kier molecular flexibility index (Phi) is 5.34. The minimum Gasteiger partial charge on any atom is -0.491 e. The molecule has 6 heteroatoms. The van der Waals surface area contributed by atoms with Gasteiger partial charge in [0.25, 0.3) is 0 Å². The van der Waals surface area contributed by atoms with Gasteiger partial charge in [0.1, 0.15) is 10.8 Å². The smallest absolute Gasteiger partial charge is 0.225 e. The van der Waals surface area contributed by atoms with Gasteiger partial charge < -0.3 is 15.0 Å². The molecule has 2 bridgehead atoms. The molecule has 2 unspecified atom stereocenters. The summed E-state index contributed by atoms with van der Waals surface area (Å²) in [6.45, 7) is 0.307. The van der Waals surface area contributed by atoms with Crippen LogP contribution < -0.4 is 10.1 Å². The van der Waals surface area contributed by atoms with Crippen LogP contribution in [0.5, 0.6) is 5.75 Å². The van der Waals surface area contributed by atoms with Crippen LogP contribution in [0.15, 0.2) is 18.2 Å². The first-order chi connectivity index (χ1) is 11.0. The highest BCUT2D eigenvalue weighted by atomic mass is 35.5. The highest BCUT2D eigenvalue weighted by Gasteiger charge is 2.36. The van der Waals surface area contributed by atoms with Gasteiger partial charge in [-0.3, -0.25) is 4.79 Å². The molecule has 126 valence electrons. The summed E-state index contributed by atoms with van der Waals surface area (Å²) in [4.78, 5) is 14.3. The van der Waals surface area contributed by atoms with Gasteiger partial charge >= 0.3 is 0 Å². The number of halogens is 2. The van der Waals surface area contributed by atoms with E-state index in [1.165, 1.54) is 12.8 Å². The molecule has 0 radical (unpaired) electrons. The van der Waals surface area contributed by atoms with Crippen molar-refractivity contribution in [1.82, 2.24) is 10.2 Å². The van der Waals surface area contributed by atoms with E-state index in [-0.39, 0.29) is 5.91 Å². The second kappa shape index (κ2) is 7.29. The second-order valence-corrected chi connectivity index (χ2v) is 7.20. The fourth-order valence-electron chi connectivity index (χ4n) is 3.57. The van der Waals surface area contributed by atoms with Crippen LogP contribution in [-0.4, -0.2) is 42.6 Å². The van der Waals surface area contributed by atoms with Crippen LogP contribution in [0.3, 0.4) is 0 Å². The molecule has 0 spiro atoms. The van der Waals surface area contributed by atoms with Crippen molar-refractivity contribution in [3.05, 3.63) is 28.2 Å². The number of hydrogen-bond donors (Lipinski definition) is 1. The van der Waals surface area contributed by atoms with E-state index >= 15 is 0 Å². The molecule has 2 fully saturated rings. The number of hydrogen-bond acceptors (Lipinski definition) is 3. The minimum atomic E-state index is 0.120. The van der Waals surface area contributed by atoms with Crippen molar-refractivity contribution in [2.75, 3.05) is 13.7 Å². The normalized spacial score (nSPS) is 26.1. The lowest BCUT2D eigenvalue weighted by atomic mass is 9.98. The summed E-state index contributed by atoms with van der Waals surface area (Å²) >= 11 is 12.0. The number of rotatable bonds is 5. The number of ether oxygens (including phenoxy) is 1. The molecule has 2 aliphatic heterocycles. The van der Waals surface area contributed by atoms with Crippen LogP contribution in [0.4, 0.5) is 0 Å². The first-order valence-electron chi connectivity index (χ1n) is 8.13. The molecule has 23 heavy (non-hydrogen) atoms. The van der Waals surface area contributed by atoms with Crippen molar-refractivity contribution in [1.29, 1.82) is 0 Å². The molecule has 0 aliphatic carbocycles. The Morgan fingerprint density at radius 2 is 2.00 bits per heavy atom. The maximum absolute atomic E-state index is 12.4. The van der Waals surface area contributed by atoms with Crippen molar-refractivity contribution in [3.8, 4) is 5.75 Å². The zero-order valence-electron chi connectivity index (χ0n) is 13.2. The van der Waals surface area contributed by atoms with Gasteiger partial charge in [0.2, 0.25) is 5.91 Å². The Balaban J connectivity index is 1.48. The zero-order chi connectivity index (χ0) is 16.4. The molecule has 0 aromatic heterocycles. The van der Waals surface area contributed by atoms with Gasteiger partial charge in [-0.1, -0.05) is 29.3 Å². The third kappa shape index (κ3) is 3.93. The topological polar surface area (TPSA) is 41.6 Å². The predicted molar refractivity (Wildman–Crippen MR) is 92.3 cm³/mol. The van der Waals surface area contributed by atoms with Crippen LogP contribution >= 0.6 is 23.2 Å². The number of amides is 1. The third-order valence-electron chi connectivity index (χ3n) is 4.88. The molecule has 1 aromatic rings. The van der Waals surface area contributed by atoms with Crippen LogP contribution in [0.1, 0.15) is 32.1 Å². The van der Waals surface area contributed by atoms with E-state index in [0.717, 1.165) is 12.8 Å². The first-order valence-corrected chi connectivity index (χ1v) is 8.88. The van der Waals surface area contributed by atoms with Gasteiger partial charge in [-0.25, -0.2) is 0 Å².